The fourth-order valence-corrected chi connectivity index (χ4v) is 0.321. The molecule has 0 aromatic carbocycles. The Morgan fingerprint density at radius 3 is 1.67 bits per heavy atom. The number of hydrogen-bond acceptors (Lipinski definition) is 1. The Kier molecular flexibility index (Phi) is 3.58. The van der Waals surface area contributed by atoms with Crippen LogP contribution in [0.5, 0.6) is 0 Å². The summed E-state index contributed by atoms with van der Waals surface area (Å²) >= 11 is 10.0. The molecule has 0 unspecified atom stereocenters. The first kappa shape index (κ1) is 6.25. The lowest BCUT2D eigenvalue weighted by Crippen LogP contribution is -1.98. The molecule has 0 N–H and O–H groups in total. The molecule has 0 rings (SSSR count). The van der Waals surface area contributed by atoms with Gasteiger partial charge in [-0.15, -0.1) is 23.2 Å². The number of Topliss-reactive ketones (excluding diaryl/α,β-unsaturated/α-hetero) is 1. The minimum atomic E-state index is -0.127. The first-order chi connectivity index (χ1) is 2.81. The topological polar surface area (TPSA) is 17.1 Å². The van der Waals surface area contributed by atoms with Gasteiger partial charge in [0.1, 0.15) is 0 Å². The van der Waals surface area contributed by atoms with Gasteiger partial charge in [-0.2, -0.15) is 0 Å². The van der Waals surface area contributed by atoms with Gasteiger partial charge in [-0.1, -0.05) is 0 Å². The van der Waals surface area contributed by atoms with E-state index in [1.807, 2.05) is 0 Å². The van der Waals surface area contributed by atoms with Crippen molar-refractivity contribution in [2.45, 2.75) is 0 Å². The van der Waals surface area contributed by atoms with Gasteiger partial charge in [-0.3, -0.25) is 4.79 Å². The molecule has 1 nitrogen and oxygen atoms in total. The summed E-state index contributed by atoms with van der Waals surface area (Å²) in [4.78, 5) is 9.92. The molecule has 0 heterocycles. The Balaban J connectivity index is 2.99. The summed E-state index contributed by atoms with van der Waals surface area (Å²) in [7, 11) is 0. The van der Waals surface area contributed by atoms with E-state index in [9.17, 15) is 4.79 Å². The Morgan fingerprint density at radius 2 is 1.67 bits per heavy atom. The third-order valence-corrected chi connectivity index (χ3v) is 0.894. The van der Waals surface area contributed by atoms with E-state index in [1.54, 1.807) is 0 Å². The average molecular weight is 129 g/mol. The first-order valence-electron chi connectivity index (χ1n) is 1.45. The van der Waals surface area contributed by atoms with Gasteiger partial charge in [0.2, 0.25) is 0 Å². The van der Waals surface area contributed by atoms with E-state index in [2.05, 4.69) is 0 Å². The summed E-state index contributed by atoms with van der Waals surface area (Å²) in [5, 5.41) is 0. The van der Waals surface area contributed by atoms with Crippen LogP contribution < -0.4 is 0 Å². The molecule has 0 saturated heterocycles. The van der Waals surface area contributed by atoms with Gasteiger partial charge in [0.15, 0.2) is 5.78 Å². The van der Waals surface area contributed by atoms with Crippen molar-refractivity contribution in [2.24, 2.45) is 0 Å². The predicted octanol–water partition coefficient (Wildman–Crippen LogP) is 1.03. The van der Waals surface area contributed by atoms with Crippen molar-refractivity contribution >= 4 is 29.0 Å². The second-order valence-electron chi connectivity index (χ2n) is 0.806. The molecule has 0 amide bonds. The number of ketones is 1. The van der Waals surface area contributed by atoms with Crippen molar-refractivity contribution < 1.29 is 4.79 Å². The molecule has 0 aliphatic rings. The van der Waals surface area contributed by atoms with E-state index in [1.165, 1.54) is 0 Å². The SMILES string of the molecule is O=C([13CH2]Cl)[13CH2]Cl. The summed E-state index contributed by atoms with van der Waals surface area (Å²) in [6, 6.07) is 0. The molecule has 0 saturated carbocycles. The normalized spacial score (nSPS) is 8.33. The summed E-state index contributed by atoms with van der Waals surface area (Å²) in [6.45, 7) is 0. The van der Waals surface area contributed by atoms with Crippen molar-refractivity contribution in [2.75, 3.05) is 11.8 Å². The van der Waals surface area contributed by atoms with Crippen LogP contribution in [0.25, 0.3) is 0 Å². The van der Waals surface area contributed by atoms with Crippen molar-refractivity contribution in [1.82, 2.24) is 0 Å². The molecular formula is C3H4Cl2O. The Labute approximate surface area is 46.2 Å². The maximum atomic E-state index is 9.92. The molecule has 6 heavy (non-hydrogen) atoms. The van der Waals surface area contributed by atoms with Crippen molar-refractivity contribution in [1.29, 1.82) is 0 Å². The highest BCUT2D eigenvalue weighted by Crippen LogP contribution is 1.80. The summed E-state index contributed by atoms with van der Waals surface area (Å²) in [6.07, 6.45) is 0. The molecule has 0 spiro atoms. The number of alkyl halides is 2. The van der Waals surface area contributed by atoms with Crippen LogP contribution in [0.3, 0.4) is 0 Å². The highest BCUT2D eigenvalue weighted by atomic mass is 35.5. The lowest BCUT2D eigenvalue weighted by molar-refractivity contribution is -0.114. The van der Waals surface area contributed by atoms with Gasteiger partial charge >= 0.3 is 0 Å². The zero-order valence-electron chi connectivity index (χ0n) is 3.08. The maximum Gasteiger partial charge on any atom is 0.162 e. The minimum Gasteiger partial charge on any atom is -0.297 e. The molecule has 0 radical (unpaired) electrons. The third-order valence-electron chi connectivity index (χ3n) is 0.298. The highest BCUT2D eigenvalue weighted by Gasteiger charge is 1.90. The monoisotopic (exact) mass is 128 g/mol. The number of rotatable bonds is 2. The molecule has 36 valence electrons. The quantitative estimate of drug-likeness (QED) is 0.402. The zero-order valence-corrected chi connectivity index (χ0v) is 4.59. The van der Waals surface area contributed by atoms with Gasteiger partial charge in [0.05, 0.1) is 11.8 Å². The third kappa shape index (κ3) is 2.49. The molecule has 0 aromatic heterocycles. The largest absolute Gasteiger partial charge is 0.297 e. The molecular weight excluding hydrogens is 125 g/mol. The number of halogens is 2. The average Bonchev–Trinajstić information content (AvgIpc) is 1.65. The van der Waals surface area contributed by atoms with Crippen LogP contribution >= 0.6 is 23.2 Å². The van der Waals surface area contributed by atoms with Crippen LogP contribution in [0.4, 0.5) is 0 Å². The van der Waals surface area contributed by atoms with Crippen LogP contribution in [-0.4, -0.2) is 17.5 Å². The van der Waals surface area contributed by atoms with Crippen LogP contribution in [0.1, 0.15) is 0 Å². The lowest BCUT2D eigenvalue weighted by Gasteiger charge is -1.77. The Morgan fingerprint density at radius 1 is 1.33 bits per heavy atom. The van der Waals surface area contributed by atoms with Crippen molar-refractivity contribution in [3.8, 4) is 0 Å². The number of carbonyl (C=O) groups excluding carboxylic acids is 1. The predicted molar refractivity (Wildman–Crippen MR) is 26.4 cm³/mol. The summed E-state index contributed by atoms with van der Waals surface area (Å²) in [5.74, 6) is -0.0640. The molecule has 0 aliphatic carbocycles. The maximum absolute atomic E-state index is 9.92. The van der Waals surface area contributed by atoms with E-state index in [0.29, 0.717) is 0 Å². The van der Waals surface area contributed by atoms with Gasteiger partial charge in [-0.25, -0.2) is 0 Å². The van der Waals surface area contributed by atoms with Crippen molar-refractivity contribution in [3.05, 3.63) is 0 Å². The van der Waals surface area contributed by atoms with E-state index in [4.69, 9.17) is 23.2 Å². The molecule has 0 atom stereocenters. The van der Waals surface area contributed by atoms with E-state index in [0.717, 1.165) is 0 Å². The highest BCUT2D eigenvalue weighted by molar-refractivity contribution is 6.35. The molecule has 0 aromatic rings. The van der Waals surface area contributed by atoms with Gasteiger partial charge in [0.25, 0.3) is 0 Å². The molecule has 0 bridgehead atoms. The molecule has 0 fully saturated rings. The van der Waals surface area contributed by atoms with Crippen LogP contribution in [0.15, 0.2) is 0 Å². The summed E-state index contributed by atoms with van der Waals surface area (Å²) in [5.41, 5.74) is 0. The van der Waals surface area contributed by atoms with E-state index in [-0.39, 0.29) is 17.5 Å². The van der Waals surface area contributed by atoms with Crippen LogP contribution in [-0.2, 0) is 4.79 Å². The number of hydrogen-bond donors (Lipinski definition) is 0. The minimum absolute atomic E-state index is 0.0312. The number of carbonyl (C=O) groups is 1. The Hall–Kier alpha value is 0.250. The van der Waals surface area contributed by atoms with E-state index >= 15 is 0 Å². The van der Waals surface area contributed by atoms with Crippen LogP contribution in [0.2, 0.25) is 0 Å². The summed E-state index contributed by atoms with van der Waals surface area (Å²) < 4.78 is 0. The fourth-order valence-electron chi connectivity index (χ4n) is 0.0357. The second-order valence-corrected chi connectivity index (χ2v) is 1.34. The zero-order chi connectivity index (χ0) is 4.99. The molecule has 3 heteroatoms. The Bertz CT molecular complexity index is 46.8. The van der Waals surface area contributed by atoms with Crippen LogP contribution in [0, 0.1) is 0 Å². The van der Waals surface area contributed by atoms with Gasteiger partial charge in [0, 0.05) is 0 Å². The lowest BCUT2D eigenvalue weighted by atomic mass is 10.9. The van der Waals surface area contributed by atoms with Gasteiger partial charge < -0.3 is 0 Å². The second kappa shape index (κ2) is 3.44. The van der Waals surface area contributed by atoms with Crippen molar-refractivity contribution in [3.63, 3.8) is 0 Å². The van der Waals surface area contributed by atoms with Gasteiger partial charge in [-0.05, 0) is 0 Å². The first-order valence-corrected chi connectivity index (χ1v) is 2.51. The fraction of sp³-hybridized carbons (Fsp3) is 0.667. The smallest absolute Gasteiger partial charge is 0.162 e. The standard InChI is InChI=1S/C3H4Cl2O/c4-1-3(6)2-5/h1-2H2/i1+1,2+1. The van der Waals surface area contributed by atoms with E-state index < -0.39 is 0 Å². The molecule has 0 aliphatic heterocycles.